The zero-order chi connectivity index (χ0) is 23.3. The number of halogens is 4. The van der Waals surface area contributed by atoms with Crippen LogP contribution in [0.3, 0.4) is 0 Å². The van der Waals surface area contributed by atoms with Crippen molar-refractivity contribution < 1.29 is 32.3 Å². The fourth-order valence-electron chi connectivity index (χ4n) is 2.95. The molecule has 3 aromatic rings. The van der Waals surface area contributed by atoms with Crippen LogP contribution in [0.5, 0.6) is 0 Å². The summed E-state index contributed by atoms with van der Waals surface area (Å²) in [5.74, 6) is -3.23. The predicted molar refractivity (Wildman–Crippen MR) is 109 cm³/mol. The van der Waals surface area contributed by atoms with Crippen molar-refractivity contribution in [1.82, 2.24) is 15.3 Å². The smallest absolute Gasteiger partial charge is 0.475 e. The van der Waals surface area contributed by atoms with Gasteiger partial charge in [0.15, 0.2) is 0 Å². The molecule has 2 aromatic heterocycles. The van der Waals surface area contributed by atoms with Crippen LogP contribution in [0.1, 0.15) is 27.3 Å². The lowest BCUT2D eigenvalue weighted by Gasteiger charge is -2.10. The molecule has 10 heteroatoms. The number of aromatic nitrogens is 2. The third-order valence-electron chi connectivity index (χ3n) is 4.46. The Bertz CT molecular complexity index is 1150. The van der Waals surface area contributed by atoms with Crippen LogP contribution in [-0.2, 0) is 11.2 Å². The highest BCUT2D eigenvalue weighted by Crippen LogP contribution is 2.26. The highest BCUT2D eigenvalue weighted by atomic mass is 19.4. The van der Waals surface area contributed by atoms with Gasteiger partial charge in [0, 0.05) is 36.1 Å². The van der Waals surface area contributed by atoms with Gasteiger partial charge in [-0.2, -0.15) is 13.2 Å². The van der Waals surface area contributed by atoms with E-state index in [0.29, 0.717) is 12.1 Å². The van der Waals surface area contributed by atoms with Crippen molar-refractivity contribution in [2.45, 2.75) is 12.6 Å². The van der Waals surface area contributed by atoms with Gasteiger partial charge in [-0.1, -0.05) is 30.3 Å². The fraction of sp³-hybridized carbons (Fsp3) is 0.136. The number of hydrogen-bond acceptors (Lipinski definition) is 3. The van der Waals surface area contributed by atoms with E-state index in [1.54, 1.807) is 18.3 Å². The number of nitrogens with one attached hydrogen (secondary N) is 2. The maximum absolute atomic E-state index is 14.5. The molecule has 32 heavy (non-hydrogen) atoms. The van der Waals surface area contributed by atoms with E-state index in [1.165, 1.54) is 6.08 Å². The van der Waals surface area contributed by atoms with E-state index in [0.717, 1.165) is 28.9 Å². The van der Waals surface area contributed by atoms with Crippen molar-refractivity contribution in [1.29, 1.82) is 0 Å². The van der Waals surface area contributed by atoms with Crippen molar-refractivity contribution in [3.63, 3.8) is 0 Å². The number of aliphatic carboxylic acids is 1. The highest BCUT2D eigenvalue weighted by Gasteiger charge is 2.38. The molecule has 1 aliphatic heterocycles. The molecule has 0 saturated heterocycles. The maximum Gasteiger partial charge on any atom is 0.490 e. The molecule has 0 spiro atoms. The first-order valence-electron chi connectivity index (χ1n) is 9.34. The summed E-state index contributed by atoms with van der Waals surface area (Å²) in [6, 6.07) is 14.6. The summed E-state index contributed by atoms with van der Waals surface area (Å²) in [4.78, 5) is 28.2. The molecule has 0 bridgehead atoms. The van der Waals surface area contributed by atoms with Gasteiger partial charge in [-0.05, 0) is 29.8 Å². The summed E-state index contributed by atoms with van der Waals surface area (Å²) in [7, 11) is 0. The lowest BCUT2D eigenvalue weighted by atomic mass is 10.1. The third-order valence-corrected chi connectivity index (χ3v) is 4.46. The largest absolute Gasteiger partial charge is 0.490 e. The number of alkyl halides is 3. The lowest BCUT2D eigenvalue weighted by Crippen LogP contribution is -2.31. The van der Waals surface area contributed by atoms with Gasteiger partial charge < -0.3 is 15.4 Å². The molecule has 0 unspecified atom stereocenters. The molecule has 1 aliphatic rings. The number of aromatic amines is 1. The molecule has 3 heterocycles. The fourth-order valence-corrected chi connectivity index (χ4v) is 2.95. The number of H-pyrrole nitrogens is 1. The first-order valence-corrected chi connectivity index (χ1v) is 9.34. The minimum atomic E-state index is -5.08. The van der Waals surface area contributed by atoms with Crippen LogP contribution in [0, 0.1) is 0 Å². The first-order chi connectivity index (χ1) is 15.1. The van der Waals surface area contributed by atoms with E-state index in [-0.39, 0.29) is 11.6 Å². The second-order valence-electron chi connectivity index (χ2n) is 6.72. The number of fused-ring (bicyclic) bond motifs is 1. The Kier molecular flexibility index (Phi) is 6.72. The van der Waals surface area contributed by atoms with Gasteiger partial charge in [0.05, 0.1) is 11.3 Å². The van der Waals surface area contributed by atoms with Crippen LogP contribution in [0.2, 0.25) is 0 Å². The Labute approximate surface area is 179 Å². The monoisotopic (exact) mass is 447 g/mol. The topological polar surface area (TPSA) is 95.1 Å². The number of rotatable bonds is 3. The number of pyridine rings is 1. The summed E-state index contributed by atoms with van der Waals surface area (Å²) in [5, 5.41) is 9.94. The third kappa shape index (κ3) is 5.60. The van der Waals surface area contributed by atoms with Gasteiger partial charge >= 0.3 is 12.1 Å². The van der Waals surface area contributed by atoms with Crippen LogP contribution < -0.4 is 5.32 Å². The minimum absolute atomic E-state index is 0.0758. The summed E-state index contributed by atoms with van der Waals surface area (Å²) >= 11 is 0. The van der Waals surface area contributed by atoms with Gasteiger partial charge in [0.25, 0.3) is 5.91 Å². The van der Waals surface area contributed by atoms with E-state index in [9.17, 15) is 22.4 Å². The molecule has 1 aromatic carbocycles. The van der Waals surface area contributed by atoms with Crippen molar-refractivity contribution in [2.75, 3.05) is 6.54 Å². The van der Waals surface area contributed by atoms with Crippen LogP contribution in [0.4, 0.5) is 17.6 Å². The SMILES string of the molecule is O=C(O)C(F)(F)F.O=C1NCCc2[nH]c(-c3ccnc(/C(F)=C/c4ccccc4)c3)cc21. The molecule has 0 saturated carbocycles. The summed E-state index contributed by atoms with van der Waals surface area (Å²) in [6.45, 7) is 0.627. The van der Waals surface area contributed by atoms with Crippen LogP contribution in [0.25, 0.3) is 23.2 Å². The van der Waals surface area contributed by atoms with Crippen LogP contribution >= 0.6 is 0 Å². The predicted octanol–water partition coefficient (Wildman–Crippen LogP) is 4.46. The molecule has 0 aliphatic carbocycles. The maximum atomic E-state index is 14.5. The number of carboxylic acid groups (broad SMARTS) is 1. The van der Waals surface area contributed by atoms with Crippen LogP contribution in [0.15, 0.2) is 54.7 Å². The summed E-state index contributed by atoms with van der Waals surface area (Å²) in [5.41, 5.74) is 4.19. The van der Waals surface area contributed by atoms with Gasteiger partial charge in [-0.3, -0.25) is 9.78 Å². The van der Waals surface area contributed by atoms with Crippen molar-refractivity contribution in [2.24, 2.45) is 0 Å². The Morgan fingerprint density at radius 2 is 1.81 bits per heavy atom. The Balaban J connectivity index is 0.000000360. The zero-order valence-corrected chi connectivity index (χ0v) is 16.4. The lowest BCUT2D eigenvalue weighted by molar-refractivity contribution is -0.192. The van der Waals surface area contributed by atoms with E-state index in [4.69, 9.17) is 9.90 Å². The van der Waals surface area contributed by atoms with Gasteiger partial charge in [-0.25, -0.2) is 9.18 Å². The Morgan fingerprint density at radius 1 is 1.12 bits per heavy atom. The van der Waals surface area contributed by atoms with E-state index >= 15 is 0 Å². The highest BCUT2D eigenvalue weighted by molar-refractivity contribution is 5.97. The van der Waals surface area contributed by atoms with E-state index in [1.807, 2.05) is 36.4 Å². The van der Waals surface area contributed by atoms with Crippen molar-refractivity contribution >= 4 is 23.8 Å². The van der Waals surface area contributed by atoms with Crippen LogP contribution in [-0.4, -0.2) is 39.7 Å². The zero-order valence-electron chi connectivity index (χ0n) is 16.4. The van der Waals surface area contributed by atoms with E-state index in [2.05, 4.69) is 15.3 Å². The second-order valence-corrected chi connectivity index (χ2v) is 6.72. The second kappa shape index (κ2) is 9.46. The molecule has 6 nitrogen and oxygen atoms in total. The molecule has 0 atom stereocenters. The standard InChI is InChI=1S/C20H16FN3O.C2HF3O2/c21-16(10-13-4-2-1-3-5-13)19-11-14(6-8-22-19)18-12-15-17(24-18)7-9-23-20(15)25;3-2(4,5)1(6)7/h1-6,8,10-12,24H,7,9H2,(H,23,25);(H,6,7)/b16-10-;. The van der Waals surface area contributed by atoms with Gasteiger partial charge in [0.1, 0.15) is 5.83 Å². The molecule has 0 radical (unpaired) electrons. The number of nitrogens with zero attached hydrogens (tertiary/aromatic N) is 1. The van der Waals surface area contributed by atoms with Gasteiger partial charge in [-0.15, -0.1) is 0 Å². The Morgan fingerprint density at radius 3 is 2.44 bits per heavy atom. The minimum Gasteiger partial charge on any atom is -0.475 e. The average molecular weight is 447 g/mol. The molecule has 1 amide bonds. The quantitative estimate of drug-likeness (QED) is 0.517. The molecular formula is C22H17F4N3O3. The summed E-state index contributed by atoms with van der Waals surface area (Å²) in [6.07, 6.45) is -1.29. The number of hydrogen-bond donors (Lipinski definition) is 3. The average Bonchev–Trinajstić information content (AvgIpc) is 3.20. The number of carbonyl (C=O) groups excluding carboxylic acids is 1. The normalized spacial score (nSPS) is 13.5. The molecule has 3 N–H and O–H groups in total. The molecular weight excluding hydrogens is 430 g/mol. The number of carbonyl (C=O) groups is 2. The molecule has 4 rings (SSSR count). The Hall–Kier alpha value is -3.95. The number of amides is 1. The molecule has 0 fully saturated rings. The first kappa shape index (κ1) is 22.7. The number of benzene rings is 1. The number of carboxylic acids is 1. The van der Waals surface area contributed by atoms with Crippen molar-refractivity contribution in [3.05, 3.63) is 77.2 Å². The summed E-state index contributed by atoms with van der Waals surface area (Å²) < 4.78 is 46.3. The van der Waals surface area contributed by atoms with Gasteiger partial charge in [0.2, 0.25) is 0 Å². The van der Waals surface area contributed by atoms with Crippen molar-refractivity contribution in [3.8, 4) is 11.3 Å². The molecule has 166 valence electrons. The van der Waals surface area contributed by atoms with E-state index < -0.39 is 18.0 Å².